The van der Waals surface area contributed by atoms with E-state index >= 15 is 0 Å². The number of hydrogen-bond donors (Lipinski definition) is 2. The van der Waals surface area contributed by atoms with Crippen molar-refractivity contribution in [2.45, 2.75) is 12.8 Å². The molecule has 8 nitrogen and oxygen atoms in total. The summed E-state index contributed by atoms with van der Waals surface area (Å²) >= 11 is 0. The molecule has 3 heterocycles. The van der Waals surface area contributed by atoms with Gasteiger partial charge in [0.05, 0.1) is 25.1 Å². The average molecular weight is 469 g/mol. The third-order valence-corrected chi connectivity index (χ3v) is 6.25. The molecule has 0 radical (unpaired) electrons. The van der Waals surface area contributed by atoms with E-state index in [1.165, 1.54) is 11.1 Å². The van der Waals surface area contributed by atoms with Crippen LogP contribution >= 0.6 is 0 Å². The number of nitrogens with one attached hydrogen (secondary N) is 2. The molecule has 0 saturated carbocycles. The quantitative estimate of drug-likeness (QED) is 0.331. The molecule has 0 unspecified atom stereocenters. The van der Waals surface area contributed by atoms with E-state index < -0.39 is 0 Å². The van der Waals surface area contributed by atoms with Crippen LogP contribution in [0.25, 0.3) is 21.9 Å². The number of fused-ring (bicyclic) bond motifs is 4. The molecule has 8 heteroatoms. The summed E-state index contributed by atoms with van der Waals surface area (Å²) in [6.45, 7) is 0.298. The molecule has 0 saturated heterocycles. The molecule has 6 rings (SSSR count). The number of anilines is 2. The first kappa shape index (κ1) is 21.1. The van der Waals surface area contributed by atoms with Gasteiger partial charge < -0.3 is 29.2 Å². The molecule has 0 aliphatic carbocycles. The van der Waals surface area contributed by atoms with Crippen molar-refractivity contribution in [3.8, 4) is 23.0 Å². The Labute approximate surface area is 201 Å². The summed E-state index contributed by atoms with van der Waals surface area (Å²) in [5, 5.41) is 5.30. The van der Waals surface area contributed by atoms with Gasteiger partial charge in [-0.05, 0) is 54.3 Å². The Morgan fingerprint density at radius 3 is 2.43 bits per heavy atom. The number of rotatable bonds is 7. The molecule has 0 atom stereocenters. The van der Waals surface area contributed by atoms with Crippen LogP contribution in [-0.2, 0) is 12.8 Å². The standard InChI is InChI=1S/C27H24N4O4/c1-32-22-12-19-20(13-23(22)33-2)31-27-25(19)26(28-14-29-27)30-18-8-5-16(6-9-18)3-4-17-7-10-21-24(11-17)35-15-34-21/h5-14H,3-4,15H2,1-2H3,(H2,28,29,30,31). The van der Waals surface area contributed by atoms with Gasteiger partial charge in [-0.1, -0.05) is 18.2 Å². The summed E-state index contributed by atoms with van der Waals surface area (Å²) in [7, 11) is 3.25. The molecule has 176 valence electrons. The average Bonchev–Trinajstić information content (AvgIpc) is 3.51. The van der Waals surface area contributed by atoms with Gasteiger partial charge in [0.15, 0.2) is 23.0 Å². The number of methoxy groups -OCH3 is 2. The third kappa shape index (κ3) is 3.93. The number of hydrogen-bond acceptors (Lipinski definition) is 7. The summed E-state index contributed by atoms with van der Waals surface area (Å²) in [4.78, 5) is 12.3. The summed E-state index contributed by atoms with van der Waals surface area (Å²) in [5.74, 6) is 3.68. The lowest BCUT2D eigenvalue weighted by Gasteiger charge is -2.09. The van der Waals surface area contributed by atoms with Crippen molar-refractivity contribution in [3.05, 3.63) is 72.1 Å². The minimum atomic E-state index is 0.298. The van der Waals surface area contributed by atoms with Gasteiger partial charge in [0.2, 0.25) is 6.79 Å². The predicted octanol–water partition coefficient (Wildman–Crippen LogP) is 5.39. The number of nitrogens with zero attached hydrogens (tertiary/aromatic N) is 2. The second kappa shape index (κ2) is 8.72. The first-order chi connectivity index (χ1) is 17.2. The molecule has 3 aromatic carbocycles. The smallest absolute Gasteiger partial charge is 0.231 e. The van der Waals surface area contributed by atoms with Gasteiger partial charge >= 0.3 is 0 Å². The molecule has 1 aliphatic heterocycles. The Balaban J connectivity index is 1.23. The van der Waals surface area contributed by atoms with Gasteiger partial charge in [0.25, 0.3) is 0 Å². The summed E-state index contributed by atoms with van der Waals surface area (Å²) < 4.78 is 21.8. The lowest BCUT2D eigenvalue weighted by atomic mass is 10.0. The van der Waals surface area contributed by atoms with Gasteiger partial charge in [0, 0.05) is 17.1 Å². The highest BCUT2D eigenvalue weighted by atomic mass is 16.7. The van der Waals surface area contributed by atoms with Crippen molar-refractivity contribution in [2.24, 2.45) is 0 Å². The van der Waals surface area contributed by atoms with Gasteiger partial charge in [-0.2, -0.15) is 0 Å². The van der Waals surface area contributed by atoms with E-state index in [9.17, 15) is 0 Å². The maximum Gasteiger partial charge on any atom is 0.231 e. The Morgan fingerprint density at radius 1 is 0.857 bits per heavy atom. The maximum absolute atomic E-state index is 5.50. The highest BCUT2D eigenvalue weighted by molar-refractivity contribution is 6.12. The number of ether oxygens (including phenoxy) is 4. The monoisotopic (exact) mass is 468 g/mol. The first-order valence-electron chi connectivity index (χ1n) is 11.3. The largest absolute Gasteiger partial charge is 0.493 e. The Bertz CT molecular complexity index is 1530. The van der Waals surface area contributed by atoms with Crippen LogP contribution in [0.1, 0.15) is 11.1 Å². The van der Waals surface area contributed by atoms with Crippen molar-refractivity contribution in [3.63, 3.8) is 0 Å². The summed E-state index contributed by atoms with van der Waals surface area (Å²) in [6, 6.07) is 18.4. The number of aryl methyl sites for hydroxylation is 2. The normalized spacial score (nSPS) is 12.3. The number of aromatic amines is 1. The number of aromatic nitrogens is 3. The molecule has 0 fully saturated rings. The van der Waals surface area contributed by atoms with Crippen molar-refractivity contribution in [2.75, 3.05) is 26.3 Å². The minimum Gasteiger partial charge on any atom is -0.493 e. The zero-order valence-corrected chi connectivity index (χ0v) is 19.4. The molecular formula is C27H24N4O4. The zero-order valence-electron chi connectivity index (χ0n) is 19.4. The van der Waals surface area contributed by atoms with Gasteiger partial charge in [-0.3, -0.25) is 0 Å². The predicted molar refractivity (Wildman–Crippen MR) is 134 cm³/mol. The molecule has 0 bridgehead atoms. The topological polar surface area (TPSA) is 90.5 Å². The molecule has 5 aromatic rings. The van der Waals surface area contributed by atoms with Gasteiger partial charge in [-0.15, -0.1) is 0 Å². The Kier molecular flexibility index (Phi) is 5.25. The van der Waals surface area contributed by atoms with Crippen LogP contribution in [0.3, 0.4) is 0 Å². The Morgan fingerprint density at radius 2 is 1.60 bits per heavy atom. The fraction of sp³-hybridized carbons (Fsp3) is 0.185. The van der Waals surface area contributed by atoms with Gasteiger partial charge in [0.1, 0.15) is 17.8 Å². The lowest BCUT2D eigenvalue weighted by Crippen LogP contribution is -1.96. The maximum atomic E-state index is 5.50. The molecule has 2 aromatic heterocycles. The van der Waals surface area contributed by atoms with Crippen molar-refractivity contribution in [1.29, 1.82) is 0 Å². The van der Waals surface area contributed by atoms with E-state index in [0.717, 1.165) is 57.8 Å². The van der Waals surface area contributed by atoms with Gasteiger partial charge in [-0.25, -0.2) is 9.97 Å². The first-order valence-corrected chi connectivity index (χ1v) is 11.3. The molecular weight excluding hydrogens is 444 g/mol. The fourth-order valence-electron chi connectivity index (χ4n) is 4.42. The van der Waals surface area contributed by atoms with Crippen LogP contribution in [0.2, 0.25) is 0 Å². The van der Waals surface area contributed by atoms with E-state index in [0.29, 0.717) is 18.3 Å². The van der Waals surface area contributed by atoms with Crippen LogP contribution in [0.4, 0.5) is 11.5 Å². The molecule has 2 N–H and O–H groups in total. The SMILES string of the molecule is COc1cc2[nH]c3ncnc(Nc4ccc(CCc5ccc6c(c5)OCO6)cc4)c3c2cc1OC. The van der Waals surface area contributed by atoms with E-state index in [4.69, 9.17) is 18.9 Å². The Hall–Kier alpha value is -4.46. The van der Waals surface area contributed by atoms with Crippen molar-refractivity contribution in [1.82, 2.24) is 15.0 Å². The molecule has 35 heavy (non-hydrogen) atoms. The van der Waals surface area contributed by atoms with Crippen LogP contribution in [-0.4, -0.2) is 36.0 Å². The van der Waals surface area contributed by atoms with Crippen LogP contribution in [0.15, 0.2) is 60.9 Å². The second-order valence-corrected chi connectivity index (χ2v) is 8.33. The molecule has 1 aliphatic rings. The minimum absolute atomic E-state index is 0.298. The lowest BCUT2D eigenvalue weighted by molar-refractivity contribution is 0.174. The van der Waals surface area contributed by atoms with E-state index in [-0.39, 0.29) is 0 Å². The summed E-state index contributed by atoms with van der Waals surface area (Å²) in [6.07, 6.45) is 3.41. The van der Waals surface area contributed by atoms with E-state index in [1.54, 1.807) is 20.5 Å². The van der Waals surface area contributed by atoms with Crippen molar-refractivity contribution >= 4 is 33.4 Å². The fourth-order valence-corrected chi connectivity index (χ4v) is 4.42. The second-order valence-electron chi connectivity index (χ2n) is 8.33. The third-order valence-electron chi connectivity index (χ3n) is 6.25. The van der Waals surface area contributed by atoms with Crippen LogP contribution in [0.5, 0.6) is 23.0 Å². The molecule has 0 amide bonds. The number of benzene rings is 3. The van der Waals surface area contributed by atoms with E-state index in [1.807, 2.05) is 18.2 Å². The van der Waals surface area contributed by atoms with Crippen LogP contribution in [0, 0.1) is 0 Å². The molecule has 0 spiro atoms. The summed E-state index contributed by atoms with van der Waals surface area (Å²) in [5.41, 5.74) is 5.08. The highest BCUT2D eigenvalue weighted by Gasteiger charge is 2.16. The zero-order chi connectivity index (χ0) is 23.8. The highest BCUT2D eigenvalue weighted by Crippen LogP contribution is 2.38. The number of H-pyrrole nitrogens is 1. The van der Waals surface area contributed by atoms with Crippen LogP contribution < -0.4 is 24.3 Å². The van der Waals surface area contributed by atoms with E-state index in [2.05, 4.69) is 56.7 Å². The van der Waals surface area contributed by atoms with Crippen molar-refractivity contribution < 1.29 is 18.9 Å².